The lowest BCUT2D eigenvalue weighted by atomic mass is 9.91. The van der Waals surface area contributed by atoms with E-state index in [1.807, 2.05) is 54.8 Å². The van der Waals surface area contributed by atoms with E-state index in [4.69, 9.17) is 9.90 Å². The summed E-state index contributed by atoms with van der Waals surface area (Å²) in [6.07, 6.45) is 5.59. The van der Waals surface area contributed by atoms with Gasteiger partial charge in [-0.15, -0.1) is 0 Å². The van der Waals surface area contributed by atoms with Crippen molar-refractivity contribution in [2.24, 2.45) is 17.8 Å². The maximum absolute atomic E-state index is 13.2. The fourth-order valence-electron chi connectivity index (χ4n) is 3.20. The number of methoxy groups -OCH3 is 1. The maximum atomic E-state index is 13.2. The van der Waals surface area contributed by atoms with Gasteiger partial charge in [-0.05, 0) is 48.3 Å². The van der Waals surface area contributed by atoms with Gasteiger partial charge in [0, 0.05) is 10.8 Å². The number of carboxylic acids is 2. The number of carbonyl (C=O) groups excluding carboxylic acids is 3. The lowest BCUT2D eigenvalue weighted by Crippen LogP contribution is -2.61. The molecule has 0 aromatic heterocycles. The Hall–Kier alpha value is -2.62. The van der Waals surface area contributed by atoms with Gasteiger partial charge < -0.3 is 30.8 Å². The predicted octanol–water partition coefficient (Wildman–Crippen LogP) is 3.61. The molecule has 1 aromatic rings. The summed E-state index contributed by atoms with van der Waals surface area (Å²) in [5, 5.41) is 20.7. The van der Waals surface area contributed by atoms with E-state index in [-0.39, 0.29) is 29.1 Å². The summed E-state index contributed by atoms with van der Waals surface area (Å²) >= 11 is 1.55. The maximum Gasteiger partial charge on any atom is 0.430 e. The van der Waals surface area contributed by atoms with E-state index in [2.05, 4.69) is 35.7 Å². The lowest BCUT2D eigenvalue weighted by Gasteiger charge is -2.20. The van der Waals surface area contributed by atoms with Gasteiger partial charge in [-0.3, -0.25) is 4.79 Å². The van der Waals surface area contributed by atoms with Crippen LogP contribution in [0.4, 0.5) is 18.0 Å². The van der Waals surface area contributed by atoms with E-state index >= 15 is 0 Å². The largest absolute Gasteiger partial charge is 0.542 e. The van der Waals surface area contributed by atoms with Crippen LogP contribution in [-0.4, -0.2) is 71.4 Å². The van der Waals surface area contributed by atoms with Crippen LogP contribution in [0.1, 0.15) is 25.8 Å². The molecule has 5 N–H and O–H groups in total. The van der Waals surface area contributed by atoms with Crippen molar-refractivity contribution >= 4 is 56.5 Å². The summed E-state index contributed by atoms with van der Waals surface area (Å²) in [4.78, 5) is 44.9. The lowest BCUT2D eigenvalue weighted by molar-refractivity contribution is -0.395. The zero-order chi connectivity index (χ0) is 33.0. The third-order valence-corrected chi connectivity index (χ3v) is 8.41. The zero-order valence-electron chi connectivity index (χ0n) is 24.4. The first-order valence-electron chi connectivity index (χ1n) is 13.0. The third kappa shape index (κ3) is 19.3. The topological polar surface area (TPSA) is 160 Å². The minimum Gasteiger partial charge on any atom is -0.542 e. The molecule has 242 valence electrons. The van der Waals surface area contributed by atoms with Crippen LogP contribution >= 0.6 is 33.3 Å². The molecule has 0 aliphatic carbocycles. The Balaban J connectivity index is 0.00000223. The Labute approximate surface area is 262 Å². The molecule has 0 unspecified atom stereocenters. The monoisotopic (exact) mass is 668 g/mol. The molecule has 4 atom stereocenters. The number of aliphatic carboxylic acids is 2. The fourth-order valence-corrected chi connectivity index (χ4v) is 5.41. The van der Waals surface area contributed by atoms with Crippen LogP contribution in [0, 0.1) is 17.8 Å². The highest BCUT2D eigenvalue weighted by Crippen LogP contribution is 2.24. The molecule has 0 heterocycles. The second-order valence-corrected chi connectivity index (χ2v) is 12.7. The molecule has 0 aliphatic heterocycles. The van der Waals surface area contributed by atoms with E-state index in [9.17, 15) is 32.7 Å². The van der Waals surface area contributed by atoms with Crippen molar-refractivity contribution in [3.05, 3.63) is 60.2 Å². The molecule has 0 spiro atoms. The Kier molecular flexibility index (Phi) is 20.6. The third-order valence-electron chi connectivity index (χ3n) is 5.61. The van der Waals surface area contributed by atoms with Gasteiger partial charge in [0.15, 0.2) is 0 Å². The normalized spacial score (nSPS) is 14.4. The Morgan fingerprint density at radius 1 is 1.09 bits per heavy atom. The fraction of sp³-hybridized carbons (Fsp3) is 0.500. The van der Waals surface area contributed by atoms with Crippen LogP contribution < -0.4 is 16.2 Å². The van der Waals surface area contributed by atoms with Crippen LogP contribution in [0.5, 0.6) is 0 Å². The van der Waals surface area contributed by atoms with E-state index < -0.39 is 30.1 Å². The molecule has 1 aromatic carbocycles. The number of benzene rings is 1. The van der Waals surface area contributed by atoms with Crippen molar-refractivity contribution in [1.29, 1.82) is 0 Å². The van der Waals surface area contributed by atoms with Crippen molar-refractivity contribution in [3.63, 3.8) is 0 Å². The summed E-state index contributed by atoms with van der Waals surface area (Å²) in [5.41, 5.74) is 5.13. The summed E-state index contributed by atoms with van der Waals surface area (Å²) < 4.78 is 36.2. The summed E-state index contributed by atoms with van der Waals surface area (Å²) in [6, 6.07) is 8.81. The standard InChI is InChI=1S/C26H38N2O5S3.C2HF3O2/c1-18(2)20(12-13-22(27)17-35-36-26(32)33-3)10-11-21(16-19-8-6-5-7-9-19)24(29)28-23(25(30)31)14-15-34-4;3-2(4,5)1(6)7/h5-13,18,20-23H,14-17,27H2,1-4H3,(H,28,29)(H,30,31);(H,6,7)/b11-10-,13-12+;/t20-,21+,22-,23+;/m1./s1. The second kappa shape index (κ2) is 22.0. The molecule has 0 fully saturated rings. The number of hydrogen-bond donors (Lipinski definition) is 3. The Morgan fingerprint density at radius 3 is 2.16 bits per heavy atom. The summed E-state index contributed by atoms with van der Waals surface area (Å²) in [6.45, 7) is 4.21. The zero-order valence-corrected chi connectivity index (χ0v) is 26.8. The number of halogens is 3. The summed E-state index contributed by atoms with van der Waals surface area (Å²) in [7, 11) is 3.81. The number of thioether (sulfide) groups is 1. The molecule has 0 saturated heterocycles. The first-order valence-corrected chi connectivity index (χ1v) is 16.7. The van der Waals surface area contributed by atoms with E-state index in [0.717, 1.165) is 16.4 Å². The van der Waals surface area contributed by atoms with Gasteiger partial charge >= 0.3 is 17.4 Å². The number of amides is 1. The smallest absolute Gasteiger partial charge is 0.430 e. The molecule has 15 heteroatoms. The van der Waals surface area contributed by atoms with Gasteiger partial charge in [-0.2, -0.15) is 24.9 Å². The van der Waals surface area contributed by atoms with E-state index in [1.54, 1.807) is 11.8 Å². The highest BCUT2D eigenvalue weighted by atomic mass is 33.1. The minimum absolute atomic E-state index is 0.0120. The molecular weight excluding hydrogens is 630 g/mol. The van der Waals surface area contributed by atoms with Crippen LogP contribution in [0.25, 0.3) is 0 Å². The second-order valence-electron chi connectivity index (χ2n) is 9.44. The van der Waals surface area contributed by atoms with E-state index in [1.165, 1.54) is 17.9 Å². The number of quaternary nitrogens is 1. The first-order chi connectivity index (χ1) is 20.1. The van der Waals surface area contributed by atoms with Gasteiger partial charge in [0.05, 0.1) is 18.8 Å². The average Bonchev–Trinajstić information content (AvgIpc) is 2.94. The highest BCUT2D eigenvalue weighted by Gasteiger charge is 2.29. The van der Waals surface area contributed by atoms with Crippen LogP contribution in [0.3, 0.4) is 0 Å². The average molecular weight is 669 g/mol. The molecule has 1 amide bonds. The van der Waals surface area contributed by atoms with E-state index in [0.29, 0.717) is 24.3 Å². The van der Waals surface area contributed by atoms with Crippen LogP contribution in [-0.2, 0) is 25.5 Å². The van der Waals surface area contributed by atoms with Crippen LogP contribution in [0.15, 0.2) is 54.6 Å². The molecular formula is C28H39F3N2O7S3. The first kappa shape index (κ1) is 40.4. The number of allylic oxidation sites excluding steroid dienone is 2. The number of carbonyl (C=O) groups is 4. The molecule has 0 radical (unpaired) electrons. The molecule has 0 bridgehead atoms. The molecule has 0 saturated carbocycles. The molecule has 1 rings (SSSR count). The number of ether oxygens (including phenoxy) is 1. The molecule has 0 aliphatic rings. The minimum atomic E-state index is -5.19. The number of rotatable bonds is 16. The van der Waals surface area contributed by atoms with Gasteiger partial charge in [0.25, 0.3) is 0 Å². The van der Waals surface area contributed by atoms with Crippen molar-refractivity contribution in [3.8, 4) is 0 Å². The molecule has 9 nitrogen and oxygen atoms in total. The Bertz CT molecular complexity index is 1060. The quantitative estimate of drug-likeness (QED) is 0.135. The highest BCUT2D eigenvalue weighted by molar-refractivity contribution is 8.82. The number of nitrogens with one attached hydrogen (secondary N) is 1. The molecule has 43 heavy (non-hydrogen) atoms. The van der Waals surface area contributed by atoms with Gasteiger partial charge in [0.2, 0.25) is 5.91 Å². The van der Waals surface area contributed by atoms with Gasteiger partial charge in [-0.25, -0.2) is 9.59 Å². The van der Waals surface area contributed by atoms with Crippen molar-refractivity contribution in [2.75, 3.05) is 24.9 Å². The Morgan fingerprint density at radius 2 is 1.67 bits per heavy atom. The predicted molar refractivity (Wildman–Crippen MR) is 163 cm³/mol. The van der Waals surface area contributed by atoms with Crippen molar-refractivity contribution in [1.82, 2.24) is 5.32 Å². The number of carboxylic acid groups (broad SMARTS) is 2. The van der Waals surface area contributed by atoms with Crippen molar-refractivity contribution < 1.29 is 53.0 Å². The summed E-state index contributed by atoms with van der Waals surface area (Å²) in [5.74, 6) is -3.14. The van der Waals surface area contributed by atoms with Crippen molar-refractivity contribution in [2.45, 2.75) is 44.9 Å². The number of hydrogen-bond acceptors (Lipinski definition) is 9. The van der Waals surface area contributed by atoms with Gasteiger partial charge in [-0.1, -0.05) is 73.2 Å². The van der Waals surface area contributed by atoms with Crippen LogP contribution in [0.2, 0.25) is 0 Å². The van der Waals surface area contributed by atoms with Gasteiger partial charge in [0.1, 0.15) is 18.1 Å². The number of alkyl halides is 3. The SMILES string of the molecule is COC(=O)SSC[C@H]([NH3+])/C=C/[C@@H](/C=C\[C@@H](Cc1ccccc1)C(=O)N[C@@H](CCSC)C(=O)O)C(C)C.O=C([O-])C(F)(F)F.